The summed E-state index contributed by atoms with van der Waals surface area (Å²) in [6, 6.07) is 5.65. The molecule has 2 aliphatic rings. The van der Waals surface area contributed by atoms with E-state index in [9.17, 15) is 0 Å². The van der Waals surface area contributed by atoms with E-state index in [4.69, 9.17) is 27.9 Å². The van der Waals surface area contributed by atoms with Gasteiger partial charge in [0.15, 0.2) is 5.96 Å². The van der Waals surface area contributed by atoms with Crippen molar-refractivity contribution in [3.63, 3.8) is 0 Å². The first kappa shape index (κ1) is 21.1. The molecule has 25 heavy (non-hydrogen) atoms. The zero-order chi connectivity index (χ0) is 17.2. The van der Waals surface area contributed by atoms with Gasteiger partial charge in [0.1, 0.15) is 0 Å². The molecule has 0 saturated carbocycles. The van der Waals surface area contributed by atoms with Gasteiger partial charge in [-0.15, -0.1) is 24.0 Å². The van der Waals surface area contributed by atoms with Crippen molar-refractivity contribution in [3.8, 4) is 0 Å². The van der Waals surface area contributed by atoms with E-state index in [2.05, 4.69) is 22.1 Å². The fourth-order valence-electron chi connectivity index (χ4n) is 3.75. The molecule has 1 spiro atoms. The first-order chi connectivity index (χ1) is 11.5. The van der Waals surface area contributed by atoms with Gasteiger partial charge in [0.2, 0.25) is 0 Å². The third kappa shape index (κ3) is 4.73. The van der Waals surface area contributed by atoms with Crippen molar-refractivity contribution >= 4 is 53.1 Å². The molecule has 1 aromatic carbocycles. The number of halogens is 3. The molecule has 0 amide bonds. The van der Waals surface area contributed by atoms with Gasteiger partial charge in [-0.1, -0.05) is 36.2 Å². The standard InChI is InChI=1S/C18H25Cl2N3O.HI/c1-13(16-14(19)4-3-5-15(16)20)10-22-17(21-2)23-8-6-18(11-23)7-9-24-12-18;/h3-5,13H,6-12H2,1-2H3,(H,21,22);1H. The van der Waals surface area contributed by atoms with Crippen molar-refractivity contribution in [1.29, 1.82) is 0 Å². The molecule has 0 radical (unpaired) electrons. The minimum Gasteiger partial charge on any atom is -0.381 e. The molecule has 3 rings (SSSR count). The summed E-state index contributed by atoms with van der Waals surface area (Å²) < 4.78 is 5.61. The zero-order valence-electron chi connectivity index (χ0n) is 14.7. The minimum absolute atomic E-state index is 0. The highest BCUT2D eigenvalue weighted by Crippen LogP contribution is 2.38. The summed E-state index contributed by atoms with van der Waals surface area (Å²) in [6.45, 7) is 6.70. The number of ether oxygens (including phenoxy) is 1. The van der Waals surface area contributed by atoms with Crippen molar-refractivity contribution in [2.75, 3.05) is 39.9 Å². The lowest BCUT2D eigenvalue weighted by atomic mass is 9.87. The maximum Gasteiger partial charge on any atom is 0.193 e. The van der Waals surface area contributed by atoms with E-state index >= 15 is 0 Å². The van der Waals surface area contributed by atoms with Crippen molar-refractivity contribution in [3.05, 3.63) is 33.8 Å². The largest absolute Gasteiger partial charge is 0.381 e. The van der Waals surface area contributed by atoms with E-state index in [-0.39, 0.29) is 29.9 Å². The fourth-order valence-corrected chi connectivity index (χ4v) is 4.52. The molecule has 7 heteroatoms. The SMILES string of the molecule is CN=C(NCC(C)c1c(Cl)cccc1Cl)N1CCC2(CCOC2)C1.I. The van der Waals surface area contributed by atoms with Crippen molar-refractivity contribution in [2.24, 2.45) is 10.4 Å². The highest BCUT2D eigenvalue weighted by Gasteiger charge is 2.42. The van der Waals surface area contributed by atoms with Crippen molar-refractivity contribution < 1.29 is 4.74 Å². The Morgan fingerprint density at radius 2 is 2.08 bits per heavy atom. The number of guanidine groups is 1. The van der Waals surface area contributed by atoms with Crippen molar-refractivity contribution in [1.82, 2.24) is 10.2 Å². The zero-order valence-corrected chi connectivity index (χ0v) is 18.6. The second kappa shape index (κ2) is 9.11. The van der Waals surface area contributed by atoms with Crippen LogP contribution in [-0.2, 0) is 4.74 Å². The third-order valence-corrected chi connectivity index (χ3v) is 5.85. The van der Waals surface area contributed by atoms with Crippen LogP contribution in [0.4, 0.5) is 0 Å². The van der Waals surface area contributed by atoms with Crippen LogP contribution < -0.4 is 5.32 Å². The highest BCUT2D eigenvalue weighted by atomic mass is 127. The molecule has 2 fully saturated rings. The van der Waals surface area contributed by atoms with Gasteiger partial charge in [0, 0.05) is 54.7 Å². The summed E-state index contributed by atoms with van der Waals surface area (Å²) in [7, 11) is 1.84. The molecule has 0 bridgehead atoms. The molecule has 2 aliphatic heterocycles. The number of rotatable bonds is 3. The molecule has 4 nitrogen and oxygen atoms in total. The van der Waals surface area contributed by atoms with Crippen LogP contribution in [0.5, 0.6) is 0 Å². The molecule has 0 aromatic heterocycles. The molecular formula is C18H26Cl2IN3O. The van der Waals surface area contributed by atoms with Gasteiger partial charge in [-0.3, -0.25) is 4.99 Å². The van der Waals surface area contributed by atoms with Gasteiger partial charge in [-0.05, 0) is 30.5 Å². The van der Waals surface area contributed by atoms with Gasteiger partial charge in [0.25, 0.3) is 0 Å². The Hall–Kier alpha value is -0.240. The number of hydrogen-bond donors (Lipinski definition) is 1. The van der Waals surface area contributed by atoms with E-state index in [1.54, 1.807) is 0 Å². The van der Waals surface area contributed by atoms with E-state index in [0.717, 1.165) is 60.8 Å². The highest BCUT2D eigenvalue weighted by molar-refractivity contribution is 14.0. The predicted octanol–water partition coefficient (Wildman–Crippen LogP) is 4.40. The Morgan fingerprint density at radius 3 is 2.68 bits per heavy atom. The van der Waals surface area contributed by atoms with Gasteiger partial charge < -0.3 is 15.0 Å². The lowest BCUT2D eigenvalue weighted by Gasteiger charge is -2.26. The number of hydrogen-bond acceptors (Lipinski definition) is 2. The summed E-state index contributed by atoms with van der Waals surface area (Å²) in [6.07, 6.45) is 2.34. The van der Waals surface area contributed by atoms with Crippen LogP contribution in [0.3, 0.4) is 0 Å². The molecule has 0 aliphatic carbocycles. The van der Waals surface area contributed by atoms with E-state index in [1.165, 1.54) is 6.42 Å². The van der Waals surface area contributed by atoms with Crippen LogP contribution in [-0.4, -0.2) is 50.8 Å². The Kier molecular flexibility index (Phi) is 7.67. The Balaban J connectivity index is 0.00000225. The van der Waals surface area contributed by atoms with E-state index in [1.807, 2.05) is 25.2 Å². The second-order valence-corrected chi connectivity index (χ2v) is 7.75. The lowest BCUT2D eigenvalue weighted by molar-refractivity contribution is 0.156. The van der Waals surface area contributed by atoms with Crippen LogP contribution in [0, 0.1) is 5.41 Å². The third-order valence-electron chi connectivity index (χ3n) is 5.19. The Labute approximate surface area is 177 Å². The number of nitrogens with zero attached hydrogens (tertiary/aromatic N) is 2. The maximum absolute atomic E-state index is 6.32. The quantitative estimate of drug-likeness (QED) is 0.382. The monoisotopic (exact) mass is 497 g/mol. The number of aliphatic imine (C=N–C) groups is 1. The van der Waals surface area contributed by atoms with Crippen molar-refractivity contribution in [2.45, 2.75) is 25.7 Å². The Morgan fingerprint density at radius 1 is 1.36 bits per heavy atom. The van der Waals surface area contributed by atoms with Crippen LogP contribution in [0.1, 0.15) is 31.2 Å². The van der Waals surface area contributed by atoms with Crippen LogP contribution in [0.2, 0.25) is 10.0 Å². The molecule has 2 unspecified atom stereocenters. The second-order valence-electron chi connectivity index (χ2n) is 6.94. The topological polar surface area (TPSA) is 36.9 Å². The molecule has 1 aromatic rings. The minimum atomic E-state index is 0. The van der Waals surface area contributed by atoms with Gasteiger partial charge >= 0.3 is 0 Å². The summed E-state index contributed by atoms with van der Waals surface area (Å²) >= 11 is 12.6. The fraction of sp³-hybridized carbons (Fsp3) is 0.611. The predicted molar refractivity (Wildman–Crippen MR) is 116 cm³/mol. The maximum atomic E-state index is 6.32. The van der Waals surface area contributed by atoms with Gasteiger partial charge in [0.05, 0.1) is 6.61 Å². The smallest absolute Gasteiger partial charge is 0.193 e. The number of benzene rings is 1. The molecule has 2 saturated heterocycles. The Bertz CT molecular complexity index is 600. The van der Waals surface area contributed by atoms with Gasteiger partial charge in [-0.2, -0.15) is 0 Å². The van der Waals surface area contributed by atoms with E-state index in [0.29, 0.717) is 5.41 Å². The number of nitrogens with one attached hydrogen (secondary N) is 1. The summed E-state index contributed by atoms with van der Waals surface area (Å²) in [5.74, 6) is 1.16. The van der Waals surface area contributed by atoms with Crippen LogP contribution in [0.15, 0.2) is 23.2 Å². The first-order valence-corrected chi connectivity index (χ1v) is 9.27. The summed E-state index contributed by atoms with van der Waals surface area (Å²) in [5.41, 5.74) is 1.32. The molecule has 2 heterocycles. The molecule has 140 valence electrons. The van der Waals surface area contributed by atoms with Crippen LogP contribution >= 0.6 is 47.2 Å². The summed E-state index contributed by atoms with van der Waals surface area (Å²) in [5, 5.41) is 4.92. The molecule has 2 atom stereocenters. The summed E-state index contributed by atoms with van der Waals surface area (Å²) in [4.78, 5) is 6.80. The number of likely N-dealkylation sites (tertiary alicyclic amines) is 1. The average molecular weight is 498 g/mol. The lowest BCUT2D eigenvalue weighted by Crippen LogP contribution is -2.42. The van der Waals surface area contributed by atoms with E-state index < -0.39 is 0 Å². The molecular weight excluding hydrogens is 472 g/mol. The molecule has 1 N–H and O–H groups in total. The first-order valence-electron chi connectivity index (χ1n) is 8.52. The van der Waals surface area contributed by atoms with Gasteiger partial charge in [-0.25, -0.2) is 0 Å². The van der Waals surface area contributed by atoms with Crippen LogP contribution in [0.25, 0.3) is 0 Å². The normalized spacial score (nSPS) is 24.5. The average Bonchev–Trinajstić information content (AvgIpc) is 3.18.